The standard InChI is InChI=1S/C12H16N2O3/c1-8-6-14(7-9(2)17-8)11-3-10(12(15)16)4-13-5-11/h3-5,8-9H,6-7H2,1-2H3,(H,15,16). The molecule has 1 aromatic heterocycles. The lowest BCUT2D eigenvalue weighted by molar-refractivity contribution is -0.00523. The summed E-state index contributed by atoms with van der Waals surface area (Å²) in [6.07, 6.45) is 3.34. The normalized spacial score (nSPS) is 24.7. The third kappa shape index (κ3) is 2.74. The number of ether oxygens (including phenoxy) is 1. The zero-order valence-corrected chi connectivity index (χ0v) is 9.96. The van der Waals surface area contributed by atoms with Crippen LogP contribution in [0.1, 0.15) is 24.2 Å². The summed E-state index contributed by atoms with van der Waals surface area (Å²) in [5.74, 6) is -0.950. The van der Waals surface area contributed by atoms with Gasteiger partial charge in [0.2, 0.25) is 0 Å². The topological polar surface area (TPSA) is 62.7 Å². The van der Waals surface area contributed by atoms with E-state index in [1.807, 2.05) is 13.8 Å². The van der Waals surface area contributed by atoms with Crippen LogP contribution in [0.15, 0.2) is 18.5 Å². The first-order chi connectivity index (χ1) is 8.06. The van der Waals surface area contributed by atoms with Gasteiger partial charge in [-0.05, 0) is 19.9 Å². The average Bonchev–Trinajstić information content (AvgIpc) is 2.28. The fourth-order valence-electron chi connectivity index (χ4n) is 2.11. The highest BCUT2D eigenvalue weighted by atomic mass is 16.5. The van der Waals surface area contributed by atoms with Gasteiger partial charge < -0.3 is 14.7 Å². The Balaban J connectivity index is 2.21. The Morgan fingerprint density at radius 2 is 2.06 bits per heavy atom. The first-order valence-corrected chi connectivity index (χ1v) is 5.65. The van der Waals surface area contributed by atoms with Gasteiger partial charge in [0.15, 0.2) is 0 Å². The Kier molecular flexibility index (Phi) is 3.28. The van der Waals surface area contributed by atoms with Crippen LogP contribution >= 0.6 is 0 Å². The molecule has 1 saturated heterocycles. The van der Waals surface area contributed by atoms with Gasteiger partial charge in [-0.2, -0.15) is 0 Å². The first kappa shape index (κ1) is 11.9. The molecule has 0 bridgehead atoms. The van der Waals surface area contributed by atoms with Gasteiger partial charge in [-0.1, -0.05) is 0 Å². The number of carboxylic acid groups (broad SMARTS) is 1. The van der Waals surface area contributed by atoms with E-state index >= 15 is 0 Å². The predicted molar refractivity (Wildman–Crippen MR) is 63.4 cm³/mol. The number of aromatic nitrogens is 1. The van der Waals surface area contributed by atoms with Crippen LogP contribution in [-0.4, -0.2) is 41.4 Å². The molecule has 92 valence electrons. The van der Waals surface area contributed by atoms with Crippen LogP contribution in [0.2, 0.25) is 0 Å². The van der Waals surface area contributed by atoms with E-state index in [4.69, 9.17) is 9.84 Å². The Hall–Kier alpha value is -1.62. The highest BCUT2D eigenvalue weighted by Gasteiger charge is 2.23. The molecule has 2 unspecified atom stereocenters. The van der Waals surface area contributed by atoms with Crippen molar-refractivity contribution in [3.8, 4) is 0 Å². The number of carbonyl (C=O) groups is 1. The predicted octanol–water partition coefficient (Wildman–Crippen LogP) is 1.39. The summed E-state index contributed by atoms with van der Waals surface area (Å²) in [4.78, 5) is 17.0. The highest BCUT2D eigenvalue weighted by molar-refractivity contribution is 5.88. The molecular weight excluding hydrogens is 220 g/mol. The van der Waals surface area contributed by atoms with Crippen LogP contribution in [0.25, 0.3) is 0 Å². The monoisotopic (exact) mass is 236 g/mol. The number of pyridine rings is 1. The van der Waals surface area contributed by atoms with E-state index in [-0.39, 0.29) is 17.8 Å². The molecule has 1 fully saturated rings. The summed E-state index contributed by atoms with van der Waals surface area (Å²) in [6, 6.07) is 1.65. The molecule has 0 spiro atoms. The lowest BCUT2D eigenvalue weighted by Crippen LogP contribution is -2.45. The van der Waals surface area contributed by atoms with Crippen molar-refractivity contribution in [3.05, 3.63) is 24.0 Å². The minimum absolute atomic E-state index is 0.146. The van der Waals surface area contributed by atoms with E-state index in [9.17, 15) is 4.79 Å². The summed E-state index contributed by atoms with van der Waals surface area (Å²) in [5, 5.41) is 8.93. The van der Waals surface area contributed by atoms with Crippen molar-refractivity contribution < 1.29 is 14.6 Å². The molecule has 5 nitrogen and oxygen atoms in total. The van der Waals surface area contributed by atoms with Gasteiger partial charge in [-0.15, -0.1) is 0 Å². The summed E-state index contributed by atoms with van der Waals surface area (Å²) < 4.78 is 5.64. The van der Waals surface area contributed by atoms with Crippen molar-refractivity contribution in [2.45, 2.75) is 26.1 Å². The second-order valence-corrected chi connectivity index (χ2v) is 4.40. The Morgan fingerprint density at radius 1 is 1.41 bits per heavy atom. The van der Waals surface area contributed by atoms with Gasteiger partial charge >= 0.3 is 5.97 Å². The van der Waals surface area contributed by atoms with Crippen molar-refractivity contribution in [2.75, 3.05) is 18.0 Å². The van der Waals surface area contributed by atoms with E-state index < -0.39 is 5.97 Å². The molecule has 1 aromatic rings. The average molecular weight is 236 g/mol. The van der Waals surface area contributed by atoms with Crippen LogP contribution in [0, 0.1) is 0 Å². The molecule has 2 heterocycles. The fraction of sp³-hybridized carbons (Fsp3) is 0.500. The van der Waals surface area contributed by atoms with Crippen molar-refractivity contribution in [1.82, 2.24) is 4.98 Å². The van der Waals surface area contributed by atoms with E-state index in [0.717, 1.165) is 18.8 Å². The minimum atomic E-state index is -0.950. The molecule has 1 aliphatic heterocycles. The molecule has 0 aliphatic carbocycles. The first-order valence-electron chi connectivity index (χ1n) is 5.65. The number of aromatic carboxylic acids is 1. The van der Waals surface area contributed by atoms with E-state index in [0.29, 0.717) is 0 Å². The molecule has 0 amide bonds. The van der Waals surface area contributed by atoms with Gasteiger partial charge in [0.25, 0.3) is 0 Å². The van der Waals surface area contributed by atoms with E-state index in [1.54, 1.807) is 12.3 Å². The summed E-state index contributed by atoms with van der Waals surface area (Å²) in [5.41, 5.74) is 1.06. The Bertz CT molecular complexity index is 412. The van der Waals surface area contributed by atoms with E-state index in [2.05, 4.69) is 9.88 Å². The van der Waals surface area contributed by atoms with Gasteiger partial charge in [0.05, 0.1) is 29.7 Å². The van der Waals surface area contributed by atoms with Crippen molar-refractivity contribution in [1.29, 1.82) is 0 Å². The summed E-state index contributed by atoms with van der Waals surface area (Å²) in [7, 11) is 0. The molecule has 1 N–H and O–H groups in total. The molecule has 2 atom stereocenters. The van der Waals surface area contributed by atoms with Crippen molar-refractivity contribution in [2.24, 2.45) is 0 Å². The molecule has 0 saturated carbocycles. The van der Waals surface area contributed by atoms with Gasteiger partial charge in [0.1, 0.15) is 0 Å². The van der Waals surface area contributed by atoms with E-state index in [1.165, 1.54) is 6.20 Å². The third-order valence-corrected chi connectivity index (χ3v) is 2.76. The zero-order chi connectivity index (χ0) is 12.4. The molecule has 2 rings (SSSR count). The lowest BCUT2D eigenvalue weighted by atomic mass is 10.2. The van der Waals surface area contributed by atoms with Crippen LogP contribution in [0.4, 0.5) is 5.69 Å². The number of rotatable bonds is 2. The SMILES string of the molecule is CC1CN(c2cncc(C(=O)O)c2)CC(C)O1. The maximum atomic E-state index is 10.9. The van der Waals surface area contributed by atoms with Gasteiger partial charge in [0, 0.05) is 19.3 Å². The number of hydrogen-bond donors (Lipinski definition) is 1. The smallest absolute Gasteiger partial charge is 0.337 e. The number of carboxylic acids is 1. The number of anilines is 1. The van der Waals surface area contributed by atoms with Crippen molar-refractivity contribution >= 4 is 11.7 Å². The van der Waals surface area contributed by atoms with Crippen LogP contribution in [0.5, 0.6) is 0 Å². The molecule has 1 aliphatic rings. The maximum absolute atomic E-state index is 10.9. The highest BCUT2D eigenvalue weighted by Crippen LogP contribution is 2.20. The number of morpholine rings is 1. The lowest BCUT2D eigenvalue weighted by Gasteiger charge is -2.36. The largest absolute Gasteiger partial charge is 0.478 e. The second kappa shape index (κ2) is 4.71. The molecule has 0 radical (unpaired) electrons. The number of nitrogens with zero attached hydrogens (tertiary/aromatic N) is 2. The van der Waals surface area contributed by atoms with Crippen LogP contribution in [0.3, 0.4) is 0 Å². The van der Waals surface area contributed by atoms with Gasteiger partial charge in [-0.25, -0.2) is 4.79 Å². The molecular formula is C12H16N2O3. The molecule has 5 heteroatoms. The van der Waals surface area contributed by atoms with Crippen LogP contribution in [-0.2, 0) is 4.74 Å². The molecule has 0 aromatic carbocycles. The quantitative estimate of drug-likeness (QED) is 0.840. The third-order valence-electron chi connectivity index (χ3n) is 2.76. The van der Waals surface area contributed by atoms with Gasteiger partial charge in [-0.3, -0.25) is 4.98 Å². The second-order valence-electron chi connectivity index (χ2n) is 4.40. The Labute approximate surface area is 100 Å². The van der Waals surface area contributed by atoms with Crippen molar-refractivity contribution in [3.63, 3.8) is 0 Å². The summed E-state index contributed by atoms with van der Waals surface area (Å²) in [6.45, 7) is 5.54. The maximum Gasteiger partial charge on any atom is 0.337 e. The number of hydrogen-bond acceptors (Lipinski definition) is 4. The van der Waals surface area contributed by atoms with Crippen LogP contribution < -0.4 is 4.90 Å². The Morgan fingerprint density at radius 3 is 2.65 bits per heavy atom. The molecule has 17 heavy (non-hydrogen) atoms. The summed E-state index contributed by atoms with van der Waals surface area (Å²) >= 11 is 0. The fourth-order valence-corrected chi connectivity index (χ4v) is 2.11. The minimum Gasteiger partial charge on any atom is -0.478 e. The zero-order valence-electron chi connectivity index (χ0n) is 9.96.